The summed E-state index contributed by atoms with van der Waals surface area (Å²) in [6.07, 6.45) is 0.946. The number of carbonyl (C=O) groups is 2. The van der Waals surface area contributed by atoms with E-state index in [9.17, 15) is 9.59 Å². The van der Waals surface area contributed by atoms with Crippen molar-refractivity contribution in [1.29, 1.82) is 0 Å². The quantitative estimate of drug-likeness (QED) is 0.504. The maximum absolute atomic E-state index is 10.8. The predicted molar refractivity (Wildman–Crippen MR) is 70.5 cm³/mol. The number of carboxylic acid groups (broad SMARTS) is 1. The molecule has 0 aromatic carbocycles. The van der Waals surface area contributed by atoms with Crippen LogP contribution in [-0.4, -0.2) is 60.6 Å². The minimum atomic E-state index is -1.02. The lowest BCUT2D eigenvalue weighted by Gasteiger charge is -2.21. The first kappa shape index (κ1) is 16.9. The van der Waals surface area contributed by atoms with Crippen LogP contribution in [0.2, 0.25) is 0 Å². The maximum atomic E-state index is 10.8. The molecule has 0 saturated carbocycles. The van der Waals surface area contributed by atoms with Gasteiger partial charge in [-0.15, -0.1) is 0 Å². The summed E-state index contributed by atoms with van der Waals surface area (Å²) in [4.78, 5) is 23.9. The van der Waals surface area contributed by atoms with Crippen LogP contribution >= 0.6 is 0 Å². The average molecular weight is 259 g/mol. The minimum Gasteiger partial charge on any atom is -0.480 e. The molecule has 0 bridgehead atoms. The third-order valence-electron chi connectivity index (χ3n) is 2.77. The van der Waals surface area contributed by atoms with Gasteiger partial charge in [-0.05, 0) is 40.4 Å². The highest BCUT2D eigenvalue weighted by atomic mass is 16.4. The van der Waals surface area contributed by atoms with Gasteiger partial charge in [0.2, 0.25) is 5.91 Å². The lowest BCUT2D eigenvalue weighted by Crippen LogP contribution is -2.46. The molecule has 1 atom stereocenters. The minimum absolute atomic E-state index is 0.250. The van der Waals surface area contributed by atoms with Crippen molar-refractivity contribution in [2.45, 2.75) is 39.3 Å². The molecule has 0 spiro atoms. The van der Waals surface area contributed by atoms with Gasteiger partial charge in [-0.2, -0.15) is 0 Å². The molecule has 6 heteroatoms. The summed E-state index contributed by atoms with van der Waals surface area (Å²) in [5.41, 5.74) is 0. The van der Waals surface area contributed by atoms with Gasteiger partial charge in [0.1, 0.15) is 6.04 Å². The van der Waals surface area contributed by atoms with E-state index in [4.69, 9.17) is 5.11 Å². The Balaban J connectivity index is 3.74. The summed E-state index contributed by atoms with van der Waals surface area (Å²) in [6.45, 7) is 7.52. The molecular formula is C12H25N3O3. The third-order valence-corrected chi connectivity index (χ3v) is 2.77. The van der Waals surface area contributed by atoms with Crippen molar-refractivity contribution in [3.63, 3.8) is 0 Å². The van der Waals surface area contributed by atoms with Crippen LogP contribution in [0.4, 0.5) is 0 Å². The molecule has 106 valence electrons. The maximum Gasteiger partial charge on any atom is 0.327 e. The Morgan fingerprint density at radius 3 is 2.39 bits per heavy atom. The fourth-order valence-electron chi connectivity index (χ4n) is 1.40. The summed E-state index contributed by atoms with van der Waals surface area (Å²) < 4.78 is 0. The zero-order chi connectivity index (χ0) is 14.1. The largest absolute Gasteiger partial charge is 0.480 e. The Morgan fingerprint density at radius 1 is 1.33 bits per heavy atom. The Morgan fingerprint density at radius 2 is 1.94 bits per heavy atom. The summed E-state index contributed by atoms with van der Waals surface area (Å²) in [6, 6.07) is -0.346. The molecule has 0 rings (SSSR count). The molecule has 0 aliphatic carbocycles. The number of aliphatic carboxylic acids is 1. The number of amides is 1. The number of nitrogens with one attached hydrogen (secondary N) is 2. The van der Waals surface area contributed by atoms with Crippen LogP contribution in [0.1, 0.15) is 27.2 Å². The van der Waals surface area contributed by atoms with Crippen LogP contribution in [0.15, 0.2) is 0 Å². The van der Waals surface area contributed by atoms with Crippen molar-refractivity contribution in [1.82, 2.24) is 15.5 Å². The highest BCUT2D eigenvalue weighted by Crippen LogP contribution is 1.94. The smallest absolute Gasteiger partial charge is 0.327 e. The standard InChI is InChI=1S/C12H25N3O3/c1-9(2)15(4)7-5-6-13-8-11(12(17)18)14-10(3)16/h9,11,13H,5-8H2,1-4H3,(H,14,16)(H,17,18). The van der Waals surface area contributed by atoms with E-state index >= 15 is 0 Å². The molecule has 0 aromatic rings. The van der Waals surface area contributed by atoms with Gasteiger partial charge in [0.25, 0.3) is 0 Å². The van der Waals surface area contributed by atoms with E-state index in [1.54, 1.807) is 0 Å². The molecule has 1 amide bonds. The SMILES string of the molecule is CC(=O)NC(CNCCCN(C)C(C)C)C(=O)O. The molecule has 6 nitrogen and oxygen atoms in total. The molecule has 0 aliphatic heterocycles. The van der Waals surface area contributed by atoms with Gasteiger partial charge >= 0.3 is 5.97 Å². The second-order valence-electron chi connectivity index (χ2n) is 4.72. The summed E-state index contributed by atoms with van der Waals surface area (Å²) in [7, 11) is 2.06. The van der Waals surface area contributed by atoms with Crippen molar-refractivity contribution >= 4 is 11.9 Å². The van der Waals surface area contributed by atoms with Gasteiger partial charge < -0.3 is 20.6 Å². The highest BCUT2D eigenvalue weighted by molar-refractivity contribution is 5.82. The van der Waals surface area contributed by atoms with Crippen LogP contribution < -0.4 is 10.6 Å². The fourth-order valence-corrected chi connectivity index (χ4v) is 1.40. The van der Waals surface area contributed by atoms with E-state index in [1.807, 2.05) is 0 Å². The van der Waals surface area contributed by atoms with Crippen molar-refractivity contribution in [2.24, 2.45) is 0 Å². The number of carboxylic acids is 1. The molecule has 0 aliphatic rings. The zero-order valence-electron chi connectivity index (χ0n) is 11.7. The lowest BCUT2D eigenvalue weighted by molar-refractivity contribution is -0.141. The van der Waals surface area contributed by atoms with Crippen LogP contribution in [0.25, 0.3) is 0 Å². The topological polar surface area (TPSA) is 81.7 Å². The van der Waals surface area contributed by atoms with E-state index < -0.39 is 12.0 Å². The van der Waals surface area contributed by atoms with Crippen molar-refractivity contribution in [3.05, 3.63) is 0 Å². The molecule has 0 aromatic heterocycles. The van der Waals surface area contributed by atoms with Crippen LogP contribution in [0, 0.1) is 0 Å². The van der Waals surface area contributed by atoms with E-state index in [1.165, 1.54) is 6.92 Å². The molecule has 3 N–H and O–H groups in total. The number of hydrogen-bond donors (Lipinski definition) is 3. The summed E-state index contributed by atoms with van der Waals surface area (Å²) in [5, 5.41) is 14.3. The van der Waals surface area contributed by atoms with Crippen LogP contribution in [-0.2, 0) is 9.59 Å². The number of hydrogen-bond acceptors (Lipinski definition) is 4. The first-order valence-electron chi connectivity index (χ1n) is 6.25. The number of nitrogens with zero attached hydrogens (tertiary/aromatic N) is 1. The average Bonchev–Trinajstić information content (AvgIpc) is 2.25. The normalized spacial score (nSPS) is 12.8. The second-order valence-corrected chi connectivity index (χ2v) is 4.72. The van der Waals surface area contributed by atoms with Gasteiger partial charge in [0, 0.05) is 19.5 Å². The number of carbonyl (C=O) groups excluding carboxylic acids is 1. The fraction of sp³-hybridized carbons (Fsp3) is 0.833. The molecule has 0 saturated heterocycles. The van der Waals surface area contributed by atoms with Gasteiger partial charge in [-0.25, -0.2) is 4.79 Å². The molecular weight excluding hydrogens is 234 g/mol. The summed E-state index contributed by atoms with van der Waals surface area (Å²) in [5.74, 6) is -1.35. The van der Waals surface area contributed by atoms with Crippen LogP contribution in [0.3, 0.4) is 0 Å². The van der Waals surface area contributed by atoms with Gasteiger partial charge in [0.05, 0.1) is 0 Å². The highest BCUT2D eigenvalue weighted by Gasteiger charge is 2.17. The van der Waals surface area contributed by atoms with E-state index in [0.717, 1.165) is 19.5 Å². The molecule has 0 radical (unpaired) electrons. The Kier molecular flexibility index (Phi) is 8.32. The van der Waals surface area contributed by atoms with Crippen molar-refractivity contribution < 1.29 is 14.7 Å². The molecule has 1 unspecified atom stereocenters. The summed E-state index contributed by atoms with van der Waals surface area (Å²) >= 11 is 0. The predicted octanol–water partition coefficient (Wildman–Crippen LogP) is -0.104. The van der Waals surface area contributed by atoms with Crippen molar-refractivity contribution in [3.8, 4) is 0 Å². The molecule has 18 heavy (non-hydrogen) atoms. The molecule has 0 heterocycles. The van der Waals surface area contributed by atoms with E-state index in [-0.39, 0.29) is 12.5 Å². The second kappa shape index (κ2) is 8.88. The number of rotatable bonds is 9. The Labute approximate surface area is 109 Å². The van der Waals surface area contributed by atoms with Crippen molar-refractivity contribution in [2.75, 3.05) is 26.7 Å². The van der Waals surface area contributed by atoms with Gasteiger partial charge in [-0.1, -0.05) is 0 Å². The zero-order valence-corrected chi connectivity index (χ0v) is 11.7. The lowest BCUT2D eigenvalue weighted by atomic mass is 10.2. The van der Waals surface area contributed by atoms with Crippen LogP contribution in [0.5, 0.6) is 0 Å². The monoisotopic (exact) mass is 259 g/mol. The first-order chi connectivity index (χ1) is 8.34. The van der Waals surface area contributed by atoms with Gasteiger partial charge in [0.15, 0.2) is 0 Å². The third kappa shape index (κ3) is 8.03. The van der Waals surface area contributed by atoms with E-state index in [0.29, 0.717) is 6.04 Å². The molecule has 0 fully saturated rings. The Hall–Kier alpha value is -1.14. The van der Waals surface area contributed by atoms with E-state index in [2.05, 4.69) is 36.4 Å². The Bertz CT molecular complexity index is 269. The first-order valence-corrected chi connectivity index (χ1v) is 6.25. The van der Waals surface area contributed by atoms with Gasteiger partial charge in [-0.3, -0.25) is 4.79 Å².